The summed E-state index contributed by atoms with van der Waals surface area (Å²) in [7, 11) is 1.66. The van der Waals surface area contributed by atoms with E-state index in [1.807, 2.05) is 0 Å². The van der Waals surface area contributed by atoms with Gasteiger partial charge in [0, 0.05) is 12.6 Å². The second kappa shape index (κ2) is 4.02. The van der Waals surface area contributed by atoms with Crippen LogP contribution < -0.4 is 5.32 Å². The maximum Gasteiger partial charge on any atom is 0.126 e. The second-order valence-electron chi connectivity index (χ2n) is 3.46. The first-order chi connectivity index (χ1) is 6.45. The molecule has 1 aromatic rings. The molecule has 0 bridgehead atoms. The largest absolute Gasteiger partial charge is 0.384 e. The van der Waals surface area contributed by atoms with Crippen molar-refractivity contribution in [2.45, 2.75) is 12.5 Å². The second-order valence-corrected chi connectivity index (χ2v) is 3.46. The zero-order valence-electron chi connectivity index (χ0n) is 8.14. The van der Waals surface area contributed by atoms with Crippen molar-refractivity contribution in [2.24, 2.45) is 0 Å². The van der Waals surface area contributed by atoms with Crippen molar-refractivity contribution < 1.29 is 13.9 Å². The van der Waals surface area contributed by atoms with Crippen LogP contribution in [0.5, 0.6) is 0 Å². The van der Waals surface area contributed by atoms with E-state index in [2.05, 4.69) is 5.32 Å². The van der Waals surface area contributed by atoms with Gasteiger partial charge in [-0.05, 0) is 31.7 Å². The van der Waals surface area contributed by atoms with E-state index in [-0.39, 0.29) is 12.1 Å². The highest BCUT2D eigenvalue weighted by Crippen LogP contribution is 2.21. The van der Waals surface area contributed by atoms with Gasteiger partial charge >= 0.3 is 0 Å². The van der Waals surface area contributed by atoms with Crippen molar-refractivity contribution in [2.75, 3.05) is 13.6 Å². The zero-order chi connectivity index (χ0) is 10.8. The number of nitrogens with one attached hydrogen (secondary N) is 1. The van der Waals surface area contributed by atoms with Crippen molar-refractivity contribution in [3.05, 3.63) is 35.4 Å². The summed E-state index contributed by atoms with van der Waals surface area (Å²) in [4.78, 5) is 0. The van der Waals surface area contributed by atoms with Crippen LogP contribution >= 0.6 is 0 Å². The summed E-state index contributed by atoms with van der Waals surface area (Å²) >= 11 is 0. The molecule has 78 valence electrons. The van der Waals surface area contributed by atoms with Crippen molar-refractivity contribution in [1.29, 1.82) is 0 Å². The van der Waals surface area contributed by atoms with Gasteiger partial charge in [-0.1, -0.05) is 0 Å². The van der Waals surface area contributed by atoms with Crippen LogP contribution in [0.2, 0.25) is 0 Å². The van der Waals surface area contributed by atoms with E-state index in [1.54, 1.807) is 7.05 Å². The molecule has 1 rings (SSSR count). The summed E-state index contributed by atoms with van der Waals surface area (Å²) in [6, 6.07) is 3.03. The van der Waals surface area contributed by atoms with Crippen LogP contribution in [0.25, 0.3) is 0 Å². The van der Waals surface area contributed by atoms with Crippen LogP contribution in [0.4, 0.5) is 8.78 Å². The standard InChI is InChI=1S/C10H13F2NO/c1-10(14,6-13-2)7-3-8(11)5-9(12)4-7/h3-5,13-14H,6H2,1-2H3. The number of likely N-dealkylation sites (N-methyl/N-ethyl adjacent to an activating group) is 1. The summed E-state index contributed by atoms with van der Waals surface area (Å²) in [6.07, 6.45) is 0. The average molecular weight is 201 g/mol. The van der Waals surface area contributed by atoms with Gasteiger partial charge in [-0.15, -0.1) is 0 Å². The Labute approximate surface area is 81.6 Å². The fourth-order valence-corrected chi connectivity index (χ4v) is 1.31. The van der Waals surface area contributed by atoms with Gasteiger partial charge in [0.05, 0.1) is 5.60 Å². The maximum absolute atomic E-state index is 12.8. The maximum atomic E-state index is 12.8. The highest BCUT2D eigenvalue weighted by atomic mass is 19.1. The van der Waals surface area contributed by atoms with Crippen molar-refractivity contribution in [3.8, 4) is 0 Å². The van der Waals surface area contributed by atoms with Gasteiger partial charge in [0.2, 0.25) is 0 Å². The molecule has 0 saturated heterocycles. The van der Waals surface area contributed by atoms with Gasteiger partial charge in [0.15, 0.2) is 0 Å². The van der Waals surface area contributed by atoms with Crippen LogP contribution in [0.3, 0.4) is 0 Å². The SMILES string of the molecule is CNCC(C)(O)c1cc(F)cc(F)c1. The quantitative estimate of drug-likeness (QED) is 0.774. The van der Waals surface area contributed by atoms with Gasteiger partial charge < -0.3 is 10.4 Å². The number of benzene rings is 1. The molecule has 0 aliphatic carbocycles. The molecule has 0 aromatic heterocycles. The third-order valence-corrected chi connectivity index (χ3v) is 2.01. The first-order valence-corrected chi connectivity index (χ1v) is 4.29. The van der Waals surface area contributed by atoms with Gasteiger partial charge in [0.25, 0.3) is 0 Å². The highest BCUT2D eigenvalue weighted by Gasteiger charge is 2.23. The Kier molecular flexibility index (Phi) is 3.18. The lowest BCUT2D eigenvalue weighted by Gasteiger charge is -2.23. The van der Waals surface area contributed by atoms with Gasteiger partial charge in [0.1, 0.15) is 11.6 Å². The Hall–Kier alpha value is -1.00. The molecule has 1 aromatic carbocycles. The Morgan fingerprint density at radius 1 is 1.29 bits per heavy atom. The molecule has 0 spiro atoms. The Balaban J connectivity index is 3.05. The molecule has 1 unspecified atom stereocenters. The topological polar surface area (TPSA) is 32.3 Å². The van der Waals surface area contributed by atoms with E-state index in [4.69, 9.17) is 0 Å². The third-order valence-electron chi connectivity index (χ3n) is 2.01. The summed E-state index contributed by atoms with van der Waals surface area (Å²) in [6.45, 7) is 1.73. The molecule has 14 heavy (non-hydrogen) atoms. The molecule has 0 radical (unpaired) electrons. The molecule has 4 heteroatoms. The lowest BCUT2D eigenvalue weighted by Crippen LogP contribution is -2.33. The predicted octanol–water partition coefficient (Wildman–Crippen LogP) is 1.39. The lowest BCUT2D eigenvalue weighted by molar-refractivity contribution is 0.0585. The van der Waals surface area contributed by atoms with Gasteiger partial charge in [-0.2, -0.15) is 0 Å². The number of hydrogen-bond acceptors (Lipinski definition) is 2. The molecule has 2 N–H and O–H groups in total. The Bertz CT molecular complexity index is 306. The molecular weight excluding hydrogens is 188 g/mol. The van der Waals surface area contributed by atoms with Crippen LogP contribution in [-0.2, 0) is 5.60 Å². The van der Waals surface area contributed by atoms with Crippen LogP contribution in [0, 0.1) is 11.6 Å². The molecule has 0 amide bonds. The first kappa shape index (κ1) is 11.1. The minimum absolute atomic E-state index is 0.226. The molecule has 1 atom stereocenters. The molecule has 0 aliphatic heterocycles. The number of aliphatic hydroxyl groups is 1. The van der Waals surface area contributed by atoms with Crippen molar-refractivity contribution in [1.82, 2.24) is 5.32 Å². The van der Waals surface area contributed by atoms with Gasteiger partial charge in [-0.3, -0.25) is 0 Å². The van der Waals surface area contributed by atoms with E-state index in [9.17, 15) is 13.9 Å². The molecular formula is C10H13F2NO. The van der Waals surface area contributed by atoms with Gasteiger partial charge in [-0.25, -0.2) is 8.78 Å². The van der Waals surface area contributed by atoms with Crippen LogP contribution in [-0.4, -0.2) is 18.7 Å². The molecule has 0 saturated carbocycles. The summed E-state index contributed by atoms with van der Waals surface area (Å²) in [5.41, 5.74) is -1.04. The lowest BCUT2D eigenvalue weighted by atomic mass is 9.96. The van der Waals surface area contributed by atoms with E-state index in [0.29, 0.717) is 0 Å². The molecule has 0 heterocycles. The summed E-state index contributed by atoms with van der Waals surface area (Å²) in [5, 5.41) is 12.6. The normalized spacial score (nSPS) is 15.2. The van der Waals surface area contributed by atoms with E-state index >= 15 is 0 Å². The zero-order valence-corrected chi connectivity index (χ0v) is 8.14. The third kappa shape index (κ3) is 2.49. The minimum Gasteiger partial charge on any atom is -0.384 e. The summed E-state index contributed by atoms with van der Waals surface area (Å²) in [5.74, 6) is -1.37. The summed E-state index contributed by atoms with van der Waals surface area (Å²) < 4.78 is 25.7. The van der Waals surface area contributed by atoms with E-state index in [0.717, 1.165) is 18.2 Å². The molecule has 0 fully saturated rings. The monoisotopic (exact) mass is 201 g/mol. The Morgan fingerprint density at radius 3 is 2.21 bits per heavy atom. The highest BCUT2D eigenvalue weighted by molar-refractivity contribution is 5.24. The minimum atomic E-state index is -1.27. The van der Waals surface area contributed by atoms with E-state index in [1.165, 1.54) is 6.92 Å². The first-order valence-electron chi connectivity index (χ1n) is 4.29. The number of rotatable bonds is 3. The number of hydrogen-bond donors (Lipinski definition) is 2. The van der Waals surface area contributed by atoms with E-state index < -0.39 is 17.2 Å². The van der Waals surface area contributed by atoms with Crippen LogP contribution in [0.15, 0.2) is 18.2 Å². The average Bonchev–Trinajstić information content (AvgIpc) is 2.02. The predicted molar refractivity (Wildman–Crippen MR) is 49.9 cm³/mol. The smallest absolute Gasteiger partial charge is 0.126 e. The fourth-order valence-electron chi connectivity index (χ4n) is 1.31. The fraction of sp³-hybridized carbons (Fsp3) is 0.400. The Morgan fingerprint density at radius 2 is 1.79 bits per heavy atom. The van der Waals surface area contributed by atoms with Crippen LogP contribution in [0.1, 0.15) is 12.5 Å². The van der Waals surface area contributed by atoms with Crippen molar-refractivity contribution in [3.63, 3.8) is 0 Å². The molecule has 0 aliphatic rings. The van der Waals surface area contributed by atoms with Crippen molar-refractivity contribution >= 4 is 0 Å². The number of halogens is 2. The molecule has 2 nitrogen and oxygen atoms in total.